The number of amides is 2. The normalized spacial score (nSPS) is 16.3. The molecule has 1 fully saturated rings. The van der Waals surface area contributed by atoms with Gasteiger partial charge >= 0.3 is 18.4 Å². The van der Waals surface area contributed by atoms with E-state index < -0.39 is 47.2 Å². The number of nitriles is 1. The molecule has 0 spiro atoms. The third-order valence-electron chi connectivity index (χ3n) is 7.96. The van der Waals surface area contributed by atoms with E-state index in [2.05, 4.69) is 26.5 Å². The summed E-state index contributed by atoms with van der Waals surface area (Å²) < 4.78 is 41.4. The van der Waals surface area contributed by atoms with E-state index in [0.717, 1.165) is 28.7 Å². The van der Waals surface area contributed by atoms with Crippen LogP contribution in [-0.2, 0) is 37.8 Å². The van der Waals surface area contributed by atoms with Gasteiger partial charge in [0.1, 0.15) is 30.4 Å². The fourth-order valence-electron chi connectivity index (χ4n) is 5.33. The molecule has 2 amide bonds. The fraction of sp³-hybridized carbons (Fsp3) is 0.344. The molecule has 250 valence electrons. The molecule has 5 rings (SSSR count). The third kappa shape index (κ3) is 7.54. The number of hydrogen-bond donors (Lipinski definition) is 3. The zero-order valence-corrected chi connectivity index (χ0v) is 26.8. The van der Waals surface area contributed by atoms with Crippen LogP contribution in [0.4, 0.5) is 13.6 Å². The maximum absolute atomic E-state index is 15.2. The van der Waals surface area contributed by atoms with Gasteiger partial charge in [-0.05, 0) is 48.8 Å². The molecule has 16 heteroatoms. The average Bonchev–Trinajstić information content (AvgIpc) is 3.84. The molecule has 0 saturated carbocycles. The maximum Gasteiger partial charge on any atom is 0.417 e. The van der Waals surface area contributed by atoms with E-state index in [1.165, 1.54) is 22.3 Å². The number of halogens is 2. The maximum atomic E-state index is 15.2. The lowest BCUT2D eigenvalue weighted by atomic mass is 9.82. The summed E-state index contributed by atoms with van der Waals surface area (Å²) in [7, 11) is 1.58. The van der Waals surface area contributed by atoms with Gasteiger partial charge in [-0.15, -0.1) is 11.3 Å². The van der Waals surface area contributed by atoms with Crippen molar-refractivity contribution in [2.75, 3.05) is 20.2 Å². The van der Waals surface area contributed by atoms with E-state index in [9.17, 15) is 23.9 Å². The van der Waals surface area contributed by atoms with E-state index in [0.29, 0.717) is 22.7 Å². The van der Waals surface area contributed by atoms with Crippen LogP contribution in [0.3, 0.4) is 0 Å². The van der Waals surface area contributed by atoms with Gasteiger partial charge in [0.15, 0.2) is 6.61 Å². The summed E-state index contributed by atoms with van der Waals surface area (Å²) in [6, 6.07) is 11.0. The number of likely N-dealkylation sites (N-methyl/N-ethyl adjacent to an activating group) is 1. The van der Waals surface area contributed by atoms with Gasteiger partial charge in [0, 0.05) is 28.8 Å². The molecule has 0 bridgehead atoms. The number of benzene rings is 2. The van der Waals surface area contributed by atoms with Crippen LogP contribution < -0.4 is 10.00 Å². The van der Waals surface area contributed by atoms with E-state index >= 15 is 4.39 Å². The van der Waals surface area contributed by atoms with Crippen molar-refractivity contribution >= 4 is 29.3 Å². The highest BCUT2D eigenvalue weighted by Crippen LogP contribution is 2.41. The molecule has 3 N–H and O–H groups in total. The smallest absolute Gasteiger partial charge is 0.417 e. The fourth-order valence-corrected chi connectivity index (χ4v) is 6.30. The topological polar surface area (TPSA) is 174 Å². The van der Waals surface area contributed by atoms with Crippen LogP contribution in [0.2, 0.25) is 0 Å². The third-order valence-corrected chi connectivity index (χ3v) is 8.99. The first kappa shape index (κ1) is 34.2. The summed E-state index contributed by atoms with van der Waals surface area (Å²) in [5, 5.41) is 29.0. The molecule has 2 aromatic carbocycles. The van der Waals surface area contributed by atoms with Crippen molar-refractivity contribution in [3.05, 3.63) is 87.8 Å². The number of thiazole rings is 1. The molecule has 1 saturated heterocycles. The van der Waals surface area contributed by atoms with Gasteiger partial charge in [-0.3, -0.25) is 9.59 Å². The number of carbonyl (C=O) groups is 3. The number of ether oxygens (including phenoxy) is 2. The van der Waals surface area contributed by atoms with Gasteiger partial charge in [0.05, 0.1) is 34.9 Å². The van der Waals surface area contributed by atoms with Crippen LogP contribution in [0.5, 0.6) is 0 Å². The number of aromatic nitrogens is 4. The van der Waals surface area contributed by atoms with Crippen LogP contribution in [0, 0.1) is 23.0 Å². The van der Waals surface area contributed by atoms with Crippen LogP contribution in [0.1, 0.15) is 47.6 Å². The summed E-state index contributed by atoms with van der Waals surface area (Å²) in [5.41, 5.74) is -0.531. The minimum atomic E-state index is -2.04. The molecule has 3 atom stereocenters. The van der Waals surface area contributed by atoms with Crippen LogP contribution in [-0.4, -0.2) is 69.3 Å². The summed E-state index contributed by atoms with van der Waals surface area (Å²) in [6.45, 7) is 0.748. The molecule has 13 nitrogen and oxygen atoms in total. The van der Waals surface area contributed by atoms with Crippen LogP contribution in [0.25, 0.3) is 11.3 Å². The van der Waals surface area contributed by atoms with E-state index in [1.54, 1.807) is 43.6 Å². The van der Waals surface area contributed by atoms with Crippen molar-refractivity contribution in [1.82, 2.24) is 25.3 Å². The molecular formula is C32H32F2N7O6S+. The van der Waals surface area contributed by atoms with Gasteiger partial charge in [-0.25, -0.2) is 23.5 Å². The van der Waals surface area contributed by atoms with Gasteiger partial charge < -0.3 is 19.9 Å². The van der Waals surface area contributed by atoms with E-state index in [1.807, 2.05) is 0 Å². The Morgan fingerprint density at radius 2 is 2.04 bits per heavy atom. The lowest BCUT2D eigenvalue weighted by Crippen LogP contribution is -2.50. The Labute approximate surface area is 277 Å². The number of aliphatic hydroxyl groups is 1. The predicted octanol–water partition coefficient (Wildman–Crippen LogP) is 3.05. The second kappa shape index (κ2) is 14.8. The summed E-state index contributed by atoms with van der Waals surface area (Å²) in [4.78, 5) is 46.7. The second-order valence-corrected chi connectivity index (χ2v) is 12.1. The number of carbonyl (C=O) groups excluding carboxylic acids is 3. The first-order valence-electron chi connectivity index (χ1n) is 14.9. The molecule has 1 aliphatic rings. The first-order valence-corrected chi connectivity index (χ1v) is 15.8. The molecule has 0 radical (unpaired) electrons. The number of nitrogens with one attached hydrogen (secondary N) is 2. The van der Waals surface area contributed by atoms with E-state index in [-0.39, 0.29) is 44.1 Å². The highest BCUT2D eigenvalue weighted by molar-refractivity contribution is 7.10. The Bertz CT molecular complexity index is 1840. The molecule has 48 heavy (non-hydrogen) atoms. The molecule has 0 aliphatic carbocycles. The number of esters is 1. The Morgan fingerprint density at radius 3 is 2.77 bits per heavy atom. The predicted molar refractivity (Wildman–Crippen MR) is 165 cm³/mol. The van der Waals surface area contributed by atoms with Crippen LogP contribution >= 0.6 is 11.3 Å². The van der Waals surface area contributed by atoms with Gasteiger partial charge in [-0.2, -0.15) is 15.0 Å². The van der Waals surface area contributed by atoms with Crippen molar-refractivity contribution in [3.8, 4) is 17.3 Å². The molecule has 0 unspecified atom stereocenters. The molecular weight excluding hydrogens is 648 g/mol. The Balaban J connectivity index is 1.32. The molecule has 1 aliphatic heterocycles. The van der Waals surface area contributed by atoms with Crippen molar-refractivity contribution in [2.24, 2.45) is 0 Å². The summed E-state index contributed by atoms with van der Waals surface area (Å²) in [5.74, 6) is -3.29. The van der Waals surface area contributed by atoms with E-state index in [4.69, 9.17) is 14.7 Å². The zero-order valence-electron chi connectivity index (χ0n) is 26.0. The minimum Gasteiger partial charge on any atom is -0.463 e. The average molecular weight is 681 g/mol. The number of likely N-dealkylation sites (tertiary alicyclic amines) is 1. The first-order chi connectivity index (χ1) is 23.0. The number of rotatable bonds is 12. The van der Waals surface area contributed by atoms with Crippen molar-refractivity contribution in [3.63, 3.8) is 0 Å². The lowest BCUT2D eigenvalue weighted by molar-refractivity contribution is -0.765. The quantitative estimate of drug-likeness (QED) is 0.149. The lowest BCUT2D eigenvalue weighted by Gasteiger charge is -2.32. The Hall–Kier alpha value is -5.11. The number of nitrogens with zero attached hydrogens (tertiary/aromatic N) is 5. The monoisotopic (exact) mass is 680 g/mol. The second-order valence-electron chi connectivity index (χ2n) is 11.2. The van der Waals surface area contributed by atoms with Crippen molar-refractivity contribution in [1.29, 1.82) is 5.26 Å². The SMILES string of the molecule is CNCC(=O)OC[C@@H]1CCC(=O)N1C(=O)OCc1nc[n+](C[C@](O)(c2cc(F)ccc2F)[C@@H](C)c2nc(-c3ccc(C#N)cc3)cs2)[nH]1. The highest BCUT2D eigenvalue weighted by Gasteiger charge is 2.44. The van der Waals surface area contributed by atoms with Crippen LogP contribution in [0.15, 0.2) is 54.2 Å². The number of imide groups is 1. The molecule has 2 aromatic heterocycles. The largest absolute Gasteiger partial charge is 0.463 e. The van der Waals surface area contributed by atoms with Gasteiger partial charge in [0.2, 0.25) is 5.91 Å². The van der Waals surface area contributed by atoms with Crippen molar-refractivity contribution in [2.45, 2.75) is 50.5 Å². The van der Waals surface area contributed by atoms with Crippen molar-refractivity contribution < 1.29 is 42.4 Å². The van der Waals surface area contributed by atoms with Gasteiger partial charge in [0.25, 0.3) is 5.82 Å². The highest BCUT2D eigenvalue weighted by atomic mass is 32.1. The summed E-state index contributed by atoms with van der Waals surface area (Å²) in [6.07, 6.45) is 0.755. The minimum absolute atomic E-state index is 0.0210. The Kier molecular flexibility index (Phi) is 10.5. The Morgan fingerprint density at radius 1 is 1.27 bits per heavy atom. The number of aromatic amines is 1. The molecule has 3 heterocycles. The number of H-pyrrole nitrogens is 1. The molecule has 4 aromatic rings. The van der Waals surface area contributed by atoms with Gasteiger partial charge in [-0.1, -0.05) is 19.1 Å². The summed E-state index contributed by atoms with van der Waals surface area (Å²) >= 11 is 1.23. The number of hydrogen-bond acceptors (Lipinski definition) is 11. The standard InChI is InChI=1S/C32H31F2N7O6S/c1-19(30-38-26(16-48-30)21-5-3-20(12-35)4-6-21)32(45,24-11-22(33)7-9-25(24)34)17-40-18-37-27(39-40)15-47-31(44)41-23(8-10-28(41)42)14-46-29(43)13-36-2/h3-7,9,11,16,18-19,23,36,45H,8,10,13-15,17H2,1-2H3/p+1/t19-,23-,32+/m0/s1. The zero-order chi connectivity index (χ0) is 34.4.